The maximum atomic E-state index is 4.72. The van der Waals surface area contributed by atoms with Crippen LogP contribution < -0.4 is 10.6 Å². The Labute approximate surface area is 146 Å². The molecule has 0 radical (unpaired) electrons. The van der Waals surface area contributed by atoms with E-state index in [4.69, 9.17) is 4.99 Å². The summed E-state index contributed by atoms with van der Waals surface area (Å²) in [5.74, 6) is 3.75. The molecule has 24 heavy (non-hydrogen) atoms. The highest BCUT2D eigenvalue weighted by molar-refractivity contribution is 5.79. The largest absolute Gasteiger partial charge is 0.357 e. The maximum absolute atomic E-state index is 4.72. The molecule has 1 aromatic heterocycles. The van der Waals surface area contributed by atoms with E-state index < -0.39 is 0 Å². The van der Waals surface area contributed by atoms with E-state index in [0.717, 1.165) is 43.0 Å². The molecule has 0 bridgehead atoms. The van der Waals surface area contributed by atoms with Gasteiger partial charge in [-0.3, -0.25) is 0 Å². The van der Waals surface area contributed by atoms with Crippen LogP contribution in [-0.2, 0) is 19.5 Å². The first-order chi connectivity index (χ1) is 11.6. The van der Waals surface area contributed by atoms with Gasteiger partial charge < -0.3 is 15.2 Å². The Balaban J connectivity index is 1.89. The van der Waals surface area contributed by atoms with E-state index in [2.05, 4.69) is 53.1 Å². The number of hydrogen-bond acceptors (Lipinski definition) is 3. The van der Waals surface area contributed by atoms with Gasteiger partial charge in [0, 0.05) is 25.6 Å². The van der Waals surface area contributed by atoms with Crippen molar-refractivity contribution >= 4 is 5.96 Å². The first kappa shape index (κ1) is 18.7. The van der Waals surface area contributed by atoms with Gasteiger partial charge >= 0.3 is 0 Å². The minimum absolute atomic E-state index is 0.425. The van der Waals surface area contributed by atoms with Crippen molar-refractivity contribution in [3.8, 4) is 0 Å². The lowest BCUT2D eigenvalue weighted by Gasteiger charge is -2.18. The van der Waals surface area contributed by atoms with Crippen molar-refractivity contribution in [2.45, 2.75) is 85.4 Å². The smallest absolute Gasteiger partial charge is 0.191 e. The number of guanidine groups is 1. The van der Waals surface area contributed by atoms with Crippen LogP contribution in [0, 0.1) is 5.92 Å². The molecule has 0 saturated heterocycles. The second-order valence-corrected chi connectivity index (χ2v) is 7.21. The van der Waals surface area contributed by atoms with Crippen LogP contribution in [0.5, 0.6) is 0 Å². The van der Waals surface area contributed by atoms with Gasteiger partial charge in [0.25, 0.3) is 0 Å². The van der Waals surface area contributed by atoms with Gasteiger partial charge in [0.05, 0.1) is 0 Å². The monoisotopic (exact) mass is 334 g/mol. The third kappa shape index (κ3) is 5.80. The van der Waals surface area contributed by atoms with Gasteiger partial charge in [-0.15, -0.1) is 10.2 Å². The number of aromatic nitrogens is 3. The third-order valence-corrected chi connectivity index (χ3v) is 4.46. The van der Waals surface area contributed by atoms with Crippen LogP contribution >= 0.6 is 0 Å². The number of nitrogens with one attached hydrogen (secondary N) is 2. The zero-order valence-electron chi connectivity index (χ0n) is 15.8. The van der Waals surface area contributed by atoms with Crippen LogP contribution in [0.2, 0.25) is 0 Å². The summed E-state index contributed by atoms with van der Waals surface area (Å²) in [7, 11) is 0. The fraction of sp³-hybridized carbons (Fsp3) is 0.833. The number of aliphatic imine (C=N–C) groups is 1. The molecule has 136 valence electrons. The van der Waals surface area contributed by atoms with E-state index in [9.17, 15) is 0 Å². The molecule has 6 heteroatoms. The van der Waals surface area contributed by atoms with E-state index in [0.29, 0.717) is 12.6 Å². The summed E-state index contributed by atoms with van der Waals surface area (Å²) >= 11 is 0. The average molecular weight is 335 g/mol. The first-order valence-electron chi connectivity index (χ1n) is 9.56. The van der Waals surface area contributed by atoms with Crippen LogP contribution in [-0.4, -0.2) is 33.3 Å². The van der Waals surface area contributed by atoms with E-state index in [1.807, 2.05) is 0 Å². The maximum Gasteiger partial charge on any atom is 0.191 e. The Hall–Kier alpha value is -1.59. The van der Waals surface area contributed by atoms with Crippen molar-refractivity contribution in [3.63, 3.8) is 0 Å². The standard InChI is InChI=1S/C18H34N6/c1-5-19-18(21-15(4)10-8-9-14(2)3)20-13-17-23-22-16-11-6-7-12-24(16)17/h14-15H,5-13H2,1-4H3,(H2,19,20,21). The molecule has 2 rings (SSSR count). The highest BCUT2D eigenvalue weighted by atomic mass is 15.3. The van der Waals surface area contributed by atoms with Crippen LogP contribution in [0.25, 0.3) is 0 Å². The van der Waals surface area contributed by atoms with Gasteiger partial charge in [-0.1, -0.05) is 26.7 Å². The minimum atomic E-state index is 0.425. The molecule has 0 spiro atoms. The van der Waals surface area contributed by atoms with E-state index >= 15 is 0 Å². The molecule has 1 aromatic rings. The van der Waals surface area contributed by atoms with E-state index in [-0.39, 0.29) is 0 Å². The number of fused-ring (bicyclic) bond motifs is 1. The fourth-order valence-electron chi connectivity index (χ4n) is 3.09. The van der Waals surface area contributed by atoms with E-state index in [1.54, 1.807) is 0 Å². The lowest BCUT2D eigenvalue weighted by Crippen LogP contribution is -2.42. The summed E-state index contributed by atoms with van der Waals surface area (Å²) in [6.45, 7) is 11.4. The zero-order chi connectivity index (χ0) is 17.4. The summed E-state index contributed by atoms with van der Waals surface area (Å²) in [5, 5.41) is 15.5. The van der Waals surface area contributed by atoms with E-state index in [1.165, 1.54) is 32.1 Å². The molecule has 6 nitrogen and oxygen atoms in total. The Morgan fingerprint density at radius 2 is 2.04 bits per heavy atom. The minimum Gasteiger partial charge on any atom is -0.357 e. The molecular formula is C18H34N6. The molecule has 0 amide bonds. The van der Waals surface area contributed by atoms with Crippen molar-refractivity contribution in [1.82, 2.24) is 25.4 Å². The number of hydrogen-bond donors (Lipinski definition) is 2. The van der Waals surface area contributed by atoms with Crippen molar-refractivity contribution < 1.29 is 0 Å². The van der Waals surface area contributed by atoms with Crippen LogP contribution in [0.4, 0.5) is 0 Å². The van der Waals surface area contributed by atoms with Gasteiger partial charge in [-0.05, 0) is 39.0 Å². The van der Waals surface area contributed by atoms with Crippen LogP contribution in [0.3, 0.4) is 0 Å². The quantitative estimate of drug-likeness (QED) is 0.567. The number of rotatable bonds is 8. The molecular weight excluding hydrogens is 300 g/mol. The number of aryl methyl sites for hydroxylation is 1. The predicted octanol–water partition coefficient (Wildman–Crippen LogP) is 2.88. The molecule has 0 aliphatic carbocycles. The molecule has 1 aliphatic heterocycles. The summed E-state index contributed by atoms with van der Waals surface area (Å²) < 4.78 is 2.24. The Morgan fingerprint density at radius 3 is 2.79 bits per heavy atom. The molecule has 1 aliphatic rings. The highest BCUT2D eigenvalue weighted by Crippen LogP contribution is 2.14. The Kier molecular flexibility index (Phi) is 7.53. The van der Waals surface area contributed by atoms with Gasteiger partial charge in [0.2, 0.25) is 0 Å². The summed E-state index contributed by atoms with van der Waals surface area (Å²) in [4.78, 5) is 4.72. The lowest BCUT2D eigenvalue weighted by molar-refractivity contribution is 0.490. The van der Waals surface area contributed by atoms with Crippen LogP contribution in [0.1, 0.15) is 71.4 Å². The molecule has 1 atom stereocenters. The second kappa shape index (κ2) is 9.64. The summed E-state index contributed by atoms with van der Waals surface area (Å²) in [6.07, 6.45) is 7.19. The summed E-state index contributed by atoms with van der Waals surface area (Å²) in [5.41, 5.74) is 0. The highest BCUT2D eigenvalue weighted by Gasteiger charge is 2.15. The first-order valence-corrected chi connectivity index (χ1v) is 9.56. The van der Waals surface area contributed by atoms with Crippen molar-refractivity contribution in [2.24, 2.45) is 10.9 Å². The summed E-state index contributed by atoms with van der Waals surface area (Å²) in [6, 6.07) is 0.425. The SMILES string of the molecule is CCNC(=NCc1nnc2n1CCCC2)NC(C)CCCC(C)C. The van der Waals surface area contributed by atoms with Gasteiger partial charge in [0.15, 0.2) is 11.8 Å². The molecule has 2 heterocycles. The van der Waals surface area contributed by atoms with Crippen molar-refractivity contribution in [2.75, 3.05) is 6.54 Å². The molecule has 1 unspecified atom stereocenters. The van der Waals surface area contributed by atoms with Crippen molar-refractivity contribution in [1.29, 1.82) is 0 Å². The molecule has 0 aromatic carbocycles. The molecule has 2 N–H and O–H groups in total. The fourth-order valence-corrected chi connectivity index (χ4v) is 3.09. The van der Waals surface area contributed by atoms with Gasteiger partial charge in [0.1, 0.15) is 12.4 Å². The van der Waals surface area contributed by atoms with Gasteiger partial charge in [-0.25, -0.2) is 4.99 Å². The molecule has 0 saturated carbocycles. The Bertz CT molecular complexity index is 520. The van der Waals surface area contributed by atoms with Crippen molar-refractivity contribution in [3.05, 3.63) is 11.6 Å². The number of nitrogens with zero attached hydrogens (tertiary/aromatic N) is 4. The van der Waals surface area contributed by atoms with Crippen LogP contribution in [0.15, 0.2) is 4.99 Å². The third-order valence-electron chi connectivity index (χ3n) is 4.46. The predicted molar refractivity (Wildman–Crippen MR) is 99.1 cm³/mol. The normalized spacial score (nSPS) is 16.1. The lowest BCUT2D eigenvalue weighted by atomic mass is 10.0. The molecule has 0 fully saturated rings. The average Bonchev–Trinajstić information content (AvgIpc) is 2.95. The Morgan fingerprint density at radius 1 is 1.21 bits per heavy atom. The topological polar surface area (TPSA) is 67.1 Å². The van der Waals surface area contributed by atoms with Gasteiger partial charge in [-0.2, -0.15) is 0 Å². The second-order valence-electron chi connectivity index (χ2n) is 7.21. The zero-order valence-corrected chi connectivity index (χ0v) is 15.8.